The Hall–Kier alpha value is -2.14. The molecule has 0 aliphatic heterocycles. The number of nitrogens with one attached hydrogen (secondary N) is 1. The third-order valence-electron chi connectivity index (χ3n) is 2.92. The highest BCUT2D eigenvalue weighted by atomic mass is 16.3. The summed E-state index contributed by atoms with van der Waals surface area (Å²) < 4.78 is 0. The molecule has 1 aromatic heterocycles. The maximum absolute atomic E-state index is 9.77. The summed E-state index contributed by atoms with van der Waals surface area (Å²) in [5.41, 5.74) is 2.17. The molecule has 5 heteroatoms. The number of rotatable bonds is 4. The first kappa shape index (κ1) is 13.3. The number of benzene rings is 1. The Kier molecular flexibility index (Phi) is 3.97. The third kappa shape index (κ3) is 3.20. The minimum Gasteiger partial charge on any atom is -0.507 e. The van der Waals surface area contributed by atoms with Gasteiger partial charge >= 0.3 is 0 Å². The second-order valence-electron chi connectivity index (χ2n) is 4.46. The lowest BCUT2D eigenvalue weighted by atomic mass is 10.1. The van der Waals surface area contributed by atoms with Gasteiger partial charge < -0.3 is 15.5 Å². The molecule has 3 N–H and O–H groups in total. The van der Waals surface area contributed by atoms with Gasteiger partial charge in [-0.3, -0.25) is 9.97 Å². The van der Waals surface area contributed by atoms with Gasteiger partial charge in [-0.2, -0.15) is 0 Å². The molecule has 100 valence electrons. The Bertz CT molecular complexity index is 535. The molecule has 1 unspecified atom stereocenters. The van der Waals surface area contributed by atoms with Crippen LogP contribution < -0.4 is 5.32 Å². The molecule has 1 heterocycles. The van der Waals surface area contributed by atoms with Crippen molar-refractivity contribution in [1.82, 2.24) is 15.3 Å². The maximum atomic E-state index is 9.77. The molecule has 2 aromatic rings. The normalized spacial score (nSPS) is 12.3. The van der Waals surface area contributed by atoms with Crippen molar-refractivity contribution in [2.24, 2.45) is 0 Å². The maximum Gasteiger partial charge on any atom is 0.124 e. The molecule has 5 nitrogen and oxygen atoms in total. The number of phenols is 2. The van der Waals surface area contributed by atoms with E-state index in [9.17, 15) is 10.2 Å². The average molecular weight is 259 g/mol. The zero-order valence-corrected chi connectivity index (χ0v) is 11.0. The zero-order chi connectivity index (χ0) is 13.8. The number of aromatic nitrogens is 2. The van der Waals surface area contributed by atoms with Crippen LogP contribution >= 0.6 is 0 Å². The van der Waals surface area contributed by atoms with Crippen molar-refractivity contribution in [3.63, 3.8) is 0 Å². The van der Waals surface area contributed by atoms with E-state index in [1.807, 2.05) is 13.8 Å². The van der Waals surface area contributed by atoms with Crippen LogP contribution in [-0.4, -0.2) is 20.2 Å². The van der Waals surface area contributed by atoms with Crippen molar-refractivity contribution in [3.8, 4) is 11.5 Å². The molecule has 1 atom stereocenters. The Morgan fingerprint density at radius 3 is 2.42 bits per heavy atom. The minimum absolute atomic E-state index is 0.0787. The van der Waals surface area contributed by atoms with Gasteiger partial charge in [0.05, 0.1) is 17.0 Å². The summed E-state index contributed by atoms with van der Waals surface area (Å²) >= 11 is 0. The van der Waals surface area contributed by atoms with Gasteiger partial charge in [-0.15, -0.1) is 0 Å². The smallest absolute Gasteiger partial charge is 0.124 e. The van der Waals surface area contributed by atoms with E-state index in [1.165, 1.54) is 0 Å². The molecule has 0 aliphatic carbocycles. The van der Waals surface area contributed by atoms with Crippen molar-refractivity contribution < 1.29 is 10.2 Å². The first-order chi connectivity index (χ1) is 9.08. The van der Waals surface area contributed by atoms with Gasteiger partial charge in [0.1, 0.15) is 11.5 Å². The number of phenolic OH excluding ortho intramolecular Hbond substituents is 2. The second-order valence-corrected chi connectivity index (χ2v) is 4.46. The van der Waals surface area contributed by atoms with E-state index < -0.39 is 0 Å². The lowest BCUT2D eigenvalue weighted by Gasteiger charge is -2.16. The summed E-state index contributed by atoms with van der Waals surface area (Å²) in [5, 5.41) is 22.7. The molecule has 0 saturated carbocycles. The molecule has 2 rings (SSSR count). The molecule has 1 aromatic carbocycles. The van der Waals surface area contributed by atoms with Crippen LogP contribution in [0.25, 0.3) is 0 Å². The van der Waals surface area contributed by atoms with Crippen LogP contribution in [0, 0.1) is 6.92 Å². The van der Waals surface area contributed by atoms with Gasteiger partial charge in [-0.25, -0.2) is 0 Å². The Balaban J connectivity index is 2.05. The highest BCUT2D eigenvalue weighted by molar-refractivity contribution is 5.44. The van der Waals surface area contributed by atoms with Crippen LogP contribution in [0.4, 0.5) is 0 Å². The molecule has 19 heavy (non-hydrogen) atoms. The van der Waals surface area contributed by atoms with Crippen molar-refractivity contribution in [2.45, 2.75) is 26.4 Å². The summed E-state index contributed by atoms with van der Waals surface area (Å²) in [6.45, 7) is 4.27. The first-order valence-electron chi connectivity index (χ1n) is 6.09. The van der Waals surface area contributed by atoms with Crippen LogP contribution in [0.3, 0.4) is 0 Å². The standard InChI is InChI=1S/C14H17N3O2/c1-9-6-17-11(7-15-9)8-16-10(2)14-12(18)4-3-5-13(14)19/h3-7,10,16,18-19H,8H2,1-2H3. The molecular formula is C14H17N3O2. The molecule has 0 aliphatic rings. The Morgan fingerprint density at radius 1 is 1.16 bits per heavy atom. The summed E-state index contributed by atoms with van der Waals surface area (Å²) in [6.07, 6.45) is 3.42. The highest BCUT2D eigenvalue weighted by Crippen LogP contribution is 2.32. The van der Waals surface area contributed by atoms with Gasteiger partial charge in [-0.05, 0) is 26.0 Å². The lowest BCUT2D eigenvalue weighted by Crippen LogP contribution is -2.19. The van der Waals surface area contributed by atoms with Crippen molar-refractivity contribution in [1.29, 1.82) is 0 Å². The van der Waals surface area contributed by atoms with E-state index in [0.29, 0.717) is 12.1 Å². The molecule has 0 radical (unpaired) electrons. The minimum atomic E-state index is -0.190. The molecule has 0 amide bonds. The number of aryl methyl sites for hydroxylation is 1. The van der Waals surface area contributed by atoms with Crippen molar-refractivity contribution >= 4 is 0 Å². The van der Waals surface area contributed by atoms with E-state index in [1.54, 1.807) is 30.6 Å². The largest absolute Gasteiger partial charge is 0.507 e. The van der Waals surface area contributed by atoms with E-state index in [4.69, 9.17) is 0 Å². The van der Waals surface area contributed by atoms with Gasteiger partial charge in [0.25, 0.3) is 0 Å². The van der Waals surface area contributed by atoms with E-state index in [-0.39, 0.29) is 17.5 Å². The fraction of sp³-hybridized carbons (Fsp3) is 0.286. The van der Waals surface area contributed by atoms with Crippen molar-refractivity contribution in [3.05, 3.63) is 47.5 Å². The zero-order valence-electron chi connectivity index (χ0n) is 11.0. The SMILES string of the molecule is Cc1cnc(CNC(C)c2c(O)cccc2O)cn1. The topological polar surface area (TPSA) is 78.3 Å². The summed E-state index contributed by atoms with van der Waals surface area (Å²) in [4.78, 5) is 8.40. The molecular weight excluding hydrogens is 242 g/mol. The number of hydrogen-bond acceptors (Lipinski definition) is 5. The van der Waals surface area contributed by atoms with Crippen LogP contribution in [0.15, 0.2) is 30.6 Å². The fourth-order valence-corrected chi connectivity index (χ4v) is 1.86. The summed E-state index contributed by atoms with van der Waals surface area (Å²) in [6, 6.07) is 4.52. The van der Waals surface area contributed by atoms with Gasteiger partial charge in [0.15, 0.2) is 0 Å². The van der Waals surface area contributed by atoms with Crippen LogP contribution in [-0.2, 0) is 6.54 Å². The molecule has 0 saturated heterocycles. The number of hydrogen-bond donors (Lipinski definition) is 3. The second kappa shape index (κ2) is 5.67. The Labute approximate surface area is 112 Å². The summed E-state index contributed by atoms with van der Waals surface area (Å²) in [7, 11) is 0. The van der Waals surface area contributed by atoms with E-state index >= 15 is 0 Å². The third-order valence-corrected chi connectivity index (χ3v) is 2.92. The average Bonchev–Trinajstić information content (AvgIpc) is 2.38. The quantitative estimate of drug-likeness (QED) is 0.783. The highest BCUT2D eigenvalue weighted by Gasteiger charge is 2.14. The van der Waals surface area contributed by atoms with Gasteiger partial charge in [0, 0.05) is 25.0 Å². The lowest BCUT2D eigenvalue weighted by molar-refractivity contribution is 0.418. The molecule has 0 bridgehead atoms. The summed E-state index contributed by atoms with van der Waals surface area (Å²) in [5.74, 6) is 0.157. The van der Waals surface area contributed by atoms with Crippen LogP contribution in [0.1, 0.15) is 29.9 Å². The van der Waals surface area contributed by atoms with Crippen molar-refractivity contribution in [2.75, 3.05) is 0 Å². The number of nitrogens with zero attached hydrogens (tertiary/aromatic N) is 2. The predicted molar refractivity (Wildman–Crippen MR) is 71.8 cm³/mol. The van der Waals surface area contributed by atoms with E-state index in [2.05, 4.69) is 15.3 Å². The first-order valence-corrected chi connectivity index (χ1v) is 6.09. The predicted octanol–water partition coefficient (Wildman–Crippen LogP) is 2.05. The monoisotopic (exact) mass is 259 g/mol. The number of aromatic hydroxyl groups is 2. The fourth-order valence-electron chi connectivity index (χ4n) is 1.86. The van der Waals surface area contributed by atoms with E-state index in [0.717, 1.165) is 11.4 Å². The van der Waals surface area contributed by atoms with Gasteiger partial charge in [-0.1, -0.05) is 6.07 Å². The molecule has 0 spiro atoms. The molecule has 0 fully saturated rings. The van der Waals surface area contributed by atoms with Crippen LogP contribution in [0.2, 0.25) is 0 Å². The van der Waals surface area contributed by atoms with Crippen LogP contribution in [0.5, 0.6) is 11.5 Å². The Morgan fingerprint density at radius 2 is 1.84 bits per heavy atom. The van der Waals surface area contributed by atoms with Gasteiger partial charge in [0.2, 0.25) is 0 Å².